The van der Waals surface area contributed by atoms with Crippen molar-refractivity contribution in [2.45, 2.75) is 0 Å². The molecule has 0 amide bonds. The Morgan fingerprint density at radius 1 is 1.53 bits per heavy atom. The highest BCUT2D eigenvalue weighted by Gasteiger charge is 2.12. The van der Waals surface area contributed by atoms with Crippen LogP contribution in [-0.2, 0) is 4.74 Å². The number of esters is 1. The molecule has 2 N–H and O–H groups in total. The first kappa shape index (κ1) is 10.4. The van der Waals surface area contributed by atoms with Gasteiger partial charge in [-0.25, -0.2) is 4.79 Å². The molecule has 0 aliphatic heterocycles. The summed E-state index contributed by atoms with van der Waals surface area (Å²) in [4.78, 5) is 11.9. The van der Waals surface area contributed by atoms with E-state index in [1.165, 1.54) is 18.4 Å². The normalized spacial score (nSPS) is 10.5. The molecule has 15 heavy (non-hydrogen) atoms. The highest BCUT2D eigenvalue weighted by atomic mass is 79.9. The largest absolute Gasteiger partial charge is 0.465 e. The maximum Gasteiger partial charge on any atom is 0.348 e. The van der Waals surface area contributed by atoms with Crippen molar-refractivity contribution in [3.05, 3.63) is 27.5 Å². The number of halogens is 1. The van der Waals surface area contributed by atoms with E-state index in [2.05, 4.69) is 20.7 Å². The van der Waals surface area contributed by atoms with Gasteiger partial charge in [0.1, 0.15) is 4.88 Å². The summed E-state index contributed by atoms with van der Waals surface area (Å²) in [5, 5.41) is 0.945. The van der Waals surface area contributed by atoms with Gasteiger partial charge in [0.25, 0.3) is 0 Å². The van der Waals surface area contributed by atoms with Crippen LogP contribution in [0.4, 0.5) is 5.69 Å². The third kappa shape index (κ3) is 1.72. The van der Waals surface area contributed by atoms with Crippen LogP contribution in [0.25, 0.3) is 10.1 Å². The molecule has 0 fully saturated rings. The van der Waals surface area contributed by atoms with Crippen molar-refractivity contribution in [2.24, 2.45) is 0 Å². The Morgan fingerprint density at radius 3 is 2.93 bits per heavy atom. The number of thiophene rings is 1. The Morgan fingerprint density at radius 2 is 2.27 bits per heavy atom. The molecule has 5 heteroatoms. The number of nitrogen functional groups attached to an aromatic ring is 1. The molecule has 2 aromatic rings. The summed E-state index contributed by atoms with van der Waals surface area (Å²) in [6, 6.07) is 5.49. The molecule has 0 saturated carbocycles. The number of benzene rings is 1. The standard InChI is InChI=1S/C10H8BrNO2S/c1-14-10(13)8-4-5-7(15-8)3-2-6(12)9(5)11/h2-4H,12H2,1H3. The summed E-state index contributed by atoms with van der Waals surface area (Å²) in [6.45, 7) is 0. The molecule has 0 bridgehead atoms. The monoisotopic (exact) mass is 285 g/mol. The molecule has 0 unspecified atom stereocenters. The molecule has 0 spiro atoms. The Hall–Kier alpha value is -1.07. The number of hydrogen-bond donors (Lipinski definition) is 1. The van der Waals surface area contributed by atoms with Gasteiger partial charge in [-0.15, -0.1) is 11.3 Å². The molecular formula is C10H8BrNO2S. The van der Waals surface area contributed by atoms with E-state index in [0.29, 0.717) is 10.6 Å². The van der Waals surface area contributed by atoms with Crippen molar-refractivity contribution in [2.75, 3.05) is 12.8 Å². The Balaban J connectivity index is 2.66. The fourth-order valence-electron chi connectivity index (χ4n) is 1.30. The van der Waals surface area contributed by atoms with Crippen LogP contribution in [0.2, 0.25) is 0 Å². The van der Waals surface area contributed by atoms with E-state index in [1.54, 1.807) is 6.07 Å². The maximum atomic E-state index is 11.3. The zero-order chi connectivity index (χ0) is 11.0. The predicted molar refractivity (Wildman–Crippen MR) is 65.3 cm³/mol. The first-order chi connectivity index (χ1) is 7.13. The number of nitrogens with two attached hydrogens (primary N) is 1. The van der Waals surface area contributed by atoms with Crippen molar-refractivity contribution in [3.63, 3.8) is 0 Å². The first-order valence-corrected chi connectivity index (χ1v) is 5.80. The molecule has 3 nitrogen and oxygen atoms in total. The maximum absolute atomic E-state index is 11.3. The van der Waals surface area contributed by atoms with Gasteiger partial charge in [-0.05, 0) is 34.1 Å². The Labute approximate surface area is 99.0 Å². The lowest BCUT2D eigenvalue weighted by Crippen LogP contribution is -1.96. The van der Waals surface area contributed by atoms with E-state index >= 15 is 0 Å². The lowest BCUT2D eigenvalue weighted by molar-refractivity contribution is 0.0606. The third-order valence-corrected chi connectivity index (χ3v) is 4.02. The van der Waals surface area contributed by atoms with Gasteiger partial charge in [0.15, 0.2) is 0 Å². The molecule has 1 heterocycles. The van der Waals surface area contributed by atoms with Crippen molar-refractivity contribution >= 4 is 49.0 Å². The third-order valence-electron chi connectivity index (χ3n) is 2.05. The van der Waals surface area contributed by atoms with E-state index < -0.39 is 0 Å². The van der Waals surface area contributed by atoms with Gasteiger partial charge in [0, 0.05) is 20.2 Å². The average molecular weight is 286 g/mol. The number of ether oxygens (including phenoxy) is 1. The van der Waals surface area contributed by atoms with Gasteiger partial charge in [0.2, 0.25) is 0 Å². The summed E-state index contributed by atoms with van der Waals surface area (Å²) in [5.41, 5.74) is 6.41. The lowest BCUT2D eigenvalue weighted by Gasteiger charge is -1.97. The van der Waals surface area contributed by atoms with Crippen LogP contribution < -0.4 is 5.73 Å². The van der Waals surface area contributed by atoms with Gasteiger partial charge >= 0.3 is 5.97 Å². The molecule has 1 aromatic carbocycles. The van der Waals surface area contributed by atoms with Crippen LogP contribution in [0.1, 0.15) is 9.67 Å². The quantitative estimate of drug-likeness (QED) is 0.647. The van der Waals surface area contributed by atoms with E-state index in [-0.39, 0.29) is 5.97 Å². The summed E-state index contributed by atoms with van der Waals surface area (Å²) in [5.74, 6) is -0.318. The minimum Gasteiger partial charge on any atom is -0.465 e. The van der Waals surface area contributed by atoms with E-state index in [1.807, 2.05) is 12.1 Å². The Kier molecular flexibility index (Phi) is 2.67. The number of rotatable bonds is 1. The fourth-order valence-corrected chi connectivity index (χ4v) is 2.87. The molecule has 0 atom stereocenters. The highest BCUT2D eigenvalue weighted by Crippen LogP contribution is 2.35. The molecule has 0 aliphatic carbocycles. The molecule has 0 radical (unpaired) electrons. The van der Waals surface area contributed by atoms with Crippen molar-refractivity contribution in [3.8, 4) is 0 Å². The molecular weight excluding hydrogens is 278 g/mol. The molecule has 1 aromatic heterocycles. The van der Waals surface area contributed by atoms with Gasteiger partial charge in [-0.2, -0.15) is 0 Å². The first-order valence-electron chi connectivity index (χ1n) is 4.19. The van der Waals surface area contributed by atoms with Crippen LogP contribution >= 0.6 is 27.3 Å². The summed E-state index contributed by atoms with van der Waals surface area (Å²) in [7, 11) is 1.37. The van der Waals surface area contributed by atoms with Gasteiger partial charge in [0.05, 0.1) is 7.11 Å². The van der Waals surface area contributed by atoms with E-state index in [9.17, 15) is 4.79 Å². The summed E-state index contributed by atoms with van der Waals surface area (Å²) < 4.78 is 6.50. The fraction of sp³-hybridized carbons (Fsp3) is 0.100. The topological polar surface area (TPSA) is 52.3 Å². The van der Waals surface area contributed by atoms with Crippen molar-refractivity contribution < 1.29 is 9.53 Å². The molecule has 0 saturated heterocycles. The number of carbonyl (C=O) groups excluding carboxylic acids is 1. The number of hydrogen-bond acceptors (Lipinski definition) is 4. The van der Waals surface area contributed by atoms with Gasteiger partial charge in [-0.3, -0.25) is 0 Å². The Bertz CT molecular complexity index is 535. The SMILES string of the molecule is COC(=O)c1cc2c(Br)c(N)ccc2s1. The second-order valence-electron chi connectivity index (χ2n) is 2.98. The molecule has 2 rings (SSSR count). The minimum atomic E-state index is -0.318. The number of methoxy groups -OCH3 is 1. The highest BCUT2D eigenvalue weighted by molar-refractivity contribution is 9.10. The number of carbonyl (C=O) groups is 1. The number of fused-ring (bicyclic) bond motifs is 1. The van der Waals surface area contributed by atoms with Crippen LogP contribution in [0, 0.1) is 0 Å². The second kappa shape index (κ2) is 3.83. The van der Waals surface area contributed by atoms with Crippen LogP contribution in [0.15, 0.2) is 22.7 Å². The zero-order valence-corrected chi connectivity index (χ0v) is 10.3. The summed E-state index contributed by atoms with van der Waals surface area (Å²) in [6.07, 6.45) is 0. The lowest BCUT2D eigenvalue weighted by atomic mass is 10.2. The van der Waals surface area contributed by atoms with E-state index in [0.717, 1.165) is 14.6 Å². The van der Waals surface area contributed by atoms with Gasteiger partial charge in [-0.1, -0.05) is 0 Å². The summed E-state index contributed by atoms with van der Waals surface area (Å²) >= 11 is 4.79. The molecule has 0 aliphatic rings. The van der Waals surface area contributed by atoms with E-state index in [4.69, 9.17) is 5.73 Å². The minimum absolute atomic E-state index is 0.318. The van der Waals surface area contributed by atoms with Gasteiger partial charge < -0.3 is 10.5 Å². The van der Waals surface area contributed by atoms with Crippen LogP contribution in [0.5, 0.6) is 0 Å². The van der Waals surface area contributed by atoms with Crippen LogP contribution in [-0.4, -0.2) is 13.1 Å². The van der Waals surface area contributed by atoms with Crippen molar-refractivity contribution in [1.29, 1.82) is 0 Å². The smallest absolute Gasteiger partial charge is 0.348 e. The number of anilines is 1. The van der Waals surface area contributed by atoms with Crippen LogP contribution in [0.3, 0.4) is 0 Å². The second-order valence-corrected chi connectivity index (χ2v) is 4.86. The van der Waals surface area contributed by atoms with Crippen molar-refractivity contribution in [1.82, 2.24) is 0 Å². The average Bonchev–Trinajstić information content (AvgIpc) is 2.67. The zero-order valence-electron chi connectivity index (χ0n) is 7.91. The predicted octanol–water partition coefficient (Wildman–Crippen LogP) is 3.03. The molecule has 78 valence electrons.